The first kappa shape index (κ1) is 13.9. The van der Waals surface area contributed by atoms with Gasteiger partial charge in [-0.25, -0.2) is 0 Å². The predicted molar refractivity (Wildman–Crippen MR) is 73.6 cm³/mol. The molecular formula is C17H21Co. The molecule has 0 saturated heterocycles. The average molecular weight is 284 g/mol. The Morgan fingerprint density at radius 1 is 0.500 bits per heavy atom. The molecule has 0 aromatic heterocycles. The van der Waals surface area contributed by atoms with Crippen LogP contribution in [0.15, 0.2) is 46.6 Å². The molecule has 4 aliphatic carbocycles. The van der Waals surface area contributed by atoms with Gasteiger partial charge in [0.05, 0.1) is 0 Å². The van der Waals surface area contributed by atoms with E-state index in [1.54, 1.807) is 22.3 Å². The molecule has 0 bridgehead atoms. The molecule has 4 rings (SSSR count). The molecule has 0 fully saturated rings. The summed E-state index contributed by atoms with van der Waals surface area (Å²) in [6, 6.07) is 0. The smallest absolute Gasteiger partial charge is 0.00506 e. The molecule has 0 saturated carbocycles. The van der Waals surface area contributed by atoms with Crippen molar-refractivity contribution in [1.82, 2.24) is 0 Å². The van der Waals surface area contributed by atoms with Crippen LogP contribution in [0.2, 0.25) is 0 Å². The van der Waals surface area contributed by atoms with E-state index in [-0.39, 0.29) is 16.8 Å². The minimum absolute atomic E-state index is 0. The zero-order valence-corrected chi connectivity index (χ0v) is 11.9. The van der Waals surface area contributed by atoms with Gasteiger partial charge in [-0.3, -0.25) is 0 Å². The van der Waals surface area contributed by atoms with Crippen molar-refractivity contribution < 1.29 is 16.8 Å². The van der Waals surface area contributed by atoms with Crippen molar-refractivity contribution in [2.45, 2.75) is 51.4 Å². The molecule has 0 amide bonds. The molecule has 18 heavy (non-hydrogen) atoms. The molecule has 0 heterocycles. The van der Waals surface area contributed by atoms with Crippen LogP contribution in [0.3, 0.4) is 0 Å². The summed E-state index contributed by atoms with van der Waals surface area (Å²) in [4.78, 5) is 0. The van der Waals surface area contributed by atoms with Crippen molar-refractivity contribution in [2.75, 3.05) is 0 Å². The molecule has 2 radical (unpaired) electrons. The minimum atomic E-state index is 0. The van der Waals surface area contributed by atoms with E-state index >= 15 is 0 Å². The van der Waals surface area contributed by atoms with Gasteiger partial charge in [0.25, 0.3) is 0 Å². The van der Waals surface area contributed by atoms with E-state index in [4.69, 9.17) is 0 Å². The molecule has 0 aromatic rings. The fraction of sp³-hybridized carbons (Fsp3) is 0.471. The number of rotatable bonds is 0. The number of hydrogen-bond acceptors (Lipinski definition) is 0. The molecular weight excluding hydrogens is 263 g/mol. The molecule has 0 aliphatic heterocycles. The van der Waals surface area contributed by atoms with Gasteiger partial charge in [0.1, 0.15) is 0 Å². The Hall–Kier alpha value is -0.534. The number of fused-ring (bicyclic) bond motifs is 2. The Labute approximate surface area is 121 Å². The maximum absolute atomic E-state index is 2.00. The standard InChI is InChI=1S/C12H16.C5H5.Co/c1-2-6-10-9(5-1)11-7-3-4-8-12(10)11;1-2-4-5-3-1;/h1-8H2;1-5H;. The second-order valence-corrected chi connectivity index (χ2v) is 5.29. The van der Waals surface area contributed by atoms with Crippen LogP contribution in [-0.4, -0.2) is 0 Å². The summed E-state index contributed by atoms with van der Waals surface area (Å²) in [5, 5.41) is 0. The van der Waals surface area contributed by atoms with Crippen LogP contribution in [-0.2, 0) is 16.8 Å². The quantitative estimate of drug-likeness (QED) is 0.583. The van der Waals surface area contributed by atoms with Gasteiger partial charge in [-0.2, -0.15) is 0 Å². The van der Waals surface area contributed by atoms with Crippen LogP contribution in [0.1, 0.15) is 51.4 Å². The zero-order valence-electron chi connectivity index (χ0n) is 10.9. The Bertz CT molecular complexity index is 342. The van der Waals surface area contributed by atoms with Crippen LogP contribution in [0, 0.1) is 6.42 Å². The van der Waals surface area contributed by atoms with Crippen LogP contribution >= 0.6 is 0 Å². The third-order valence-corrected chi connectivity index (χ3v) is 4.22. The predicted octanol–water partition coefficient (Wildman–Crippen LogP) is 5.06. The van der Waals surface area contributed by atoms with E-state index in [0.717, 1.165) is 0 Å². The maximum Gasteiger partial charge on any atom is 0.00506 e. The summed E-state index contributed by atoms with van der Waals surface area (Å²) in [6.45, 7) is 0. The monoisotopic (exact) mass is 284 g/mol. The summed E-state index contributed by atoms with van der Waals surface area (Å²) in [5.74, 6) is 0. The first-order valence-electron chi connectivity index (χ1n) is 7.08. The molecule has 0 nitrogen and oxygen atoms in total. The summed E-state index contributed by atoms with van der Waals surface area (Å²) < 4.78 is 0. The van der Waals surface area contributed by atoms with Crippen molar-refractivity contribution in [3.8, 4) is 0 Å². The molecule has 4 aliphatic rings. The third-order valence-electron chi connectivity index (χ3n) is 4.22. The second-order valence-electron chi connectivity index (χ2n) is 5.29. The van der Waals surface area contributed by atoms with Gasteiger partial charge in [0.2, 0.25) is 0 Å². The van der Waals surface area contributed by atoms with Crippen LogP contribution in [0.4, 0.5) is 0 Å². The Balaban J connectivity index is 0.000000172. The van der Waals surface area contributed by atoms with E-state index in [1.165, 1.54) is 51.4 Å². The largest absolute Gasteiger partial charge is 0.0767 e. The summed E-state index contributed by atoms with van der Waals surface area (Å²) in [6.07, 6.45) is 21.5. The average Bonchev–Trinajstić information content (AvgIpc) is 2.95. The topological polar surface area (TPSA) is 0 Å². The van der Waals surface area contributed by atoms with E-state index in [2.05, 4.69) is 0 Å². The SMILES string of the molecule is C1CCC2=C(C1)C1=C2CCCC1.[CH]1C=CC=C1.[Co]. The first-order valence-corrected chi connectivity index (χ1v) is 7.08. The second kappa shape index (κ2) is 6.58. The van der Waals surface area contributed by atoms with Crippen molar-refractivity contribution in [1.29, 1.82) is 0 Å². The fourth-order valence-corrected chi connectivity index (χ4v) is 3.40. The molecule has 0 N–H and O–H groups in total. The van der Waals surface area contributed by atoms with Crippen molar-refractivity contribution >= 4 is 0 Å². The number of hydrogen-bond donors (Lipinski definition) is 0. The molecule has 0 spiro atoms. The van der Waals surface area contributed by atoms with E-state index in [0.29, 0.717) is 0 Å². The Morgan fingerprint density at radius 3 is 1.06 bits per heavy atom. The number of allylic oxidation sites excluding steroid dienone is 8. The molecule has 1 heteroatoms. The Morgan fingerprint density at radius 2 is 0.833 bits per heavy atom. The minimum Gasteiger partial charge on any atom is -0.0767 e. The van der Waals surface area contributed by atoms with Gasteiger partial charge in [-0.15, -0.1) is 0 Å². The molecule has 0 atom stereocenters. The molecule has 0 unspecified atom stereocenters. The summed E-state index contributed by atoms with van der Waals surface area (Å²) in [7, 11) is 0. The molecule has 0 aromatic carbocycles. The fourth-order valence-electron chi connectivity index (χ4n) is 3.40. The molecule has 98 valence electrons. The zero-order chi connectivity index (χ0) is 11.5. The normalized spacial score (nSPS) is 23.6. The van der Waals surface area contributed by atoms with Gasteiger partial charge in [0, 0.05) is 23.2 Å². The van der Waals surface area contributed by atoms with Crippen LogP contribution in [0.25, 0.3) is 0 Å². The van der Waals surface area contributed by atoms with E-state index in [1.807, 2.05) is 30.7 Å². The van der Waals surface area contributed by atoms with Crippen molar-refractivity contribution in [3.05, 3.63) is 53.0 Å². The van der Waals surface area contributed by atoms with Crippen LogP contribution < -0.4 is 0 Å². The van der Waals surface area contributed by atoms with Crippen molar-refractivity contribution in [3.63, 3.8) is 0 Å². The van der Waals surface area contributed by atoms with Gasteiger partial charge in [0.15, 0.2) is 0 Å². The van der Waals surface area contributed by atoms with Gasteiger partial charge < -0.3 is 0 Å². The van der Waals surface area contributed by atoms with Crippen molar-refractivity contribution in [2.24, 2.45) is 0 Å². The Kier molecular flexibility index (Phi) is 5.08. The maximum atomic E-state index is 2.00. The van der Waals surface area contributed by atoms with E-state index < -0.39 is 0 Å². The van der Waals surface area contributed by atoms with E-state index in [9.17, 15) is 0 Å². The van der Waals surface area contributed by atoms with Gasteiger partial charge in [-0.05, 0) is 73.7 Å². The van der Waals surface area contributed by atoms with Gasteiger partial charge in [-0.1, -0.05) is 24.3 Å². The summed E-state index contributed by atoms with van der Waals surface area (Å²) >= 11 is 0. The first-order chi connectivity index (χ1) is 8.47. The summed E-state index contributed by atoms with van der Waals surface area (Å²) in [5.41, 5.74) is 7.21. The van der Waals surface area contributed by atoms with Crippen LogP contribution in [0.5, 0.6) is 0 Å². The third kappa shape index (κ3) is 2.72. The van der Waals surface area contributed by atoms with Gasteiger partial charge >= 0.3 is 0 Å².